The summed E-state index contributed by atoms with van der Waals surface area (Å²) in [6, 6.07) is 5.25. The van der Waals surface area contributed by atoms with Crippen molar-refractivity contribution in [1.29, 1.82) is 0 Å². The minimum Gasteiger partial charge on any atom is -0.399 e. The Morgan fingerprint density at radius 1 is 1.45 bits per heavy atom. The first kappa shape index (κ1) is 15.6. The standard InChI is InChI=1S/C11H11BrN4OS3/c1-18-10-15-16-11(20-10)19-5-9(17)14-8-3-2-6(13)4-7(8)12/h2-4H,5,13H2,1H3,(H,14,17). The zero-order chi connectivity index (χ0) is 14.5. The van der Waals surface area contributed by atoms with Crippen LogP contribution in [0.25, 0.3) is 0 Å². The smallest absolute Gasteiger partial charge is 0.234 e. The third kappa shape index (κ3) is 4.37. The van der Waals surface area contributed by atoms with Gasteiger partial charge in [0.05, 0.1) is 11.4 Å². The number of nitrogen functional groups attached to an aromatic ring is 1. The first-order valence-corrected chi connectivity index (χ1v) is 9.25. The molecule has 0 fully saturated rings. The summed E-state index contributed by atoms with van der Waals surface area (Å²) in [5.74, 6) is 0.196. The number of anilines is 2. The summed E-state index contributed by atoms with van der Waals surface area (Å²) in [6.07, 6.45) is 1.94. The molecule has 2 rings (SSSR count). The van der Waals surface area contributed by atoms with Crippen LogP contribution in [0.1, 0.15) is 0 Å². The van der Waals surface area contributed by atoms with Crippen molar-refractivity contribution >= 4 is 68.1 Å². The van der Waals surface area contributed by atoms with Gasteiger partial charge in [0.25, 0.3) is 0 Å². The Morgan fingerprint density at radius 3 is 2.85 bits per heavy atom. The zero-order valence-corrected chi connectivity index (χ0v) is 14.5. The number of nitrogens with one attached hydrogen (secondary N) is 1. The van der Waals surface area contributed by atoms with E-state index in [1.807, 2.05) is 6.26 Å². The molecule has 0 bridgehead atoms. The van der Waals surface area contributed by atoms with Crippen LogP contribution in [-0.4, -0.2) is 28.1 Å². The number of nitrogens with zero attached hydrogens (tertiary/aromatic N) is 2. The van der Waals surface area contributed by atoms with E-state index >= 15 is 0 Å². The maximum atomic E-state index is 11.9. The Hall–Kier alpha value is -0.770. The fourth-order valence-corrected chi connectivity index (χ4v) is 4.02. The number of carbonyl (C=O) groups excluding carboxylic acids is 1. The van der Waals surface area contributed by atoms with E-state index in [0.717, 1.165) is 13.2 Å². The highest BCUT2D eigenvalue weighted by molar-refractivity contribution is 9.10. The van der Waals surface area contributed by atoms with E-state index in [4.69, 9.17) is 5.73 Å². The molecule has 0 radical (unpaired) electrons. The molecule has 0 unspecified atom stereocenters. The predicted molar refractivity (Wildman–Crippen MR) is 89.6 cm³/mol. The second-order valence-corrected chi connectivity index (χ2v) is 7.72. The molecule has 1 aromatic carbocycles. The molecule has 0 spiro atoms. The normalized spacial score (nSPS) is 10.5. The van der Waals surface area contributed by atoms with Crippen LogP contribution in [-0.2, 0) is 4.79 Å². The first-order valence-electron chi connectivity index (χ1n) is 5.43. The van der Waals surface area contributed by atoms with Gasteiger partial charge in [0.1, 0.15) is 0 Å². The van der Waals surface area contributed by atoms with Gasteiger partial charge in [-0.25, -0.2) is 0 Å². The third-order valence-electron chi connectivity index (χ3n) is 2.16. The van der Waals surface area contributed by atoms with Gasteiger partial charge in [-0.1, -0.05) is 34.9 Å². The Balaban J connectivity index is 1.89. The van der Waals surface area contributed by atoms with Crippen molar-refractivity contribution < 1.29 is 4.79 Å². The van der Waals surface area contributed by atoms with E-state index in [1.165, 1.54) is 23.1 Å². The number of nitrogens with two attached hydrogens (primary N) is 1. The molecule has 1 aromatic heterocycles. The van der Waals surface area contributed by atoms with Crippen LogP contribution >= 0.6 is 50.8 Å². The number of hydrogen-bond donors (Lipinski definition) is 2. The lowest BCUT2D eigenvalue weighted by Crippen LogP contribution is -2.14. The summed E-state index contributed by atoms with van der Waals surface area (Å²) in [6.45, 7) is 0. The van der Waals surface area contributed by atoms with E-state index in [-0.39, 0.29) is 5.91 Å². The number of benzene rings is 1. The number of amides is 1. The molecule has 5 nitrogen and oxygen atoms in total. The Kier molecular flexibility index (Phi) is 5.70. The summed E-state index contributed by atoms with van der Waals surface area (Å²) in [5, 5.41) is 10.8. The van der Waals surface area contributed by atoms with Gasteiger partial charge < -0.3 is 11.1 Å². The van der Waals surface area contributed by atoms with Gasteiger partial charge in [-0.15, -0.1) is 10.2 Å². The van der Waals surface area contributed by atoms with Crippen molar-refractivity contribution in [2.24, 2.45) is 0 Å². The van der Waals surface area contributed by atoms with Crippen LogP contribution in [0.15, 0.2) is 31.4 Å². The molecule has 3 N–H and O–H groups in total. The Labute approximate surface area is 137 Å². The topological polar surface area (TPSA) is 80.9 Å². The van der Waals surface area contributed by atoms with E-state index in [0.29, 0.717) is 17.1 Å². The van der Waals surface area contributed by atoms with Crippen LogP contribution in [0.2, 0.25) is 0 Å². The van der Waals surface area contributed by atoms with Crippen LogP contribution in [0.4, 0.5) is 11.4 Å². The van der Waals surface area contributed by atoms with Crippen LogP contribution < -0.4 is 11.1 Å². The molecule has 20 heavy (non-hydrogen) atoms. The molecule has 0 aliphatic carbocycles. The van der Waals surface area contributed by atoms with Gasteiger partial charge in [-0.05, 0) is 40.4 Å². The minimum absolute atomic E-state index is 0.0960. The molecular formula is C11H11BrN4OS3. The first-order chi connectivity index (χ1) is 9.58. The van der Waals surface area contributed by atoms with Crippen molar-refractivity contribution in [1.82, 2.24) is 10.2 Å². The largest absolute Gasteiger partial charge is 0.399 e. The highest BCUT2D eigenvalue weighted by atomic mass is 79.9. The lowest BCUT2D eigenvalue weighted by atomic mass is 10.3. The summed E-state index contributed by atoms with van der Waals surface area (Å²) >= 11 is 7.76. The molecule has 0 atom stereocenters. The maximum Gasteiger partial charge on any atom is 0.234 e. The SMILES string of the molecule is CSc1nnc(SCC(=O)Nc2ccc(N)cc2Br)s1. The molecule has 0 saturated heterocycles. The van der Waals surface area contributed by atoms with Gasteiger partial charge in [0.15, 0.2) is 8.68 Å². The number of halogens is 1. The number of hydrogen-bond acceptors (Lipinski definition) is 7. The average molecular weight is 391 g/mol. The summed E-state index contributed by atoms with van der Waals surface area (Å²) in [5.41, 5.74) is 6.99. The number of thioether (sulfide) groups is 2. The van der Waals surface area contributed by atoms with Crippen molar-refractivity contribution in [3.63, 3.8) is 0 Å². The van der Waals surface area contributed by atoms with Crippen LogP contribution in [0, 0.1) is 0 Å². The molecule has 9 heteroatoms. The number of carbonyl (C=O) groups is 1. The fraction of sp³-hybridized carbons (Fsp3) is 0.182. The lowest BCUT2D eigenvalue weighted by Gasteiger charge is -2.07. The highest BCUT2D eigenvalue weighted by Gasteiger charge is 2.09. The van der Waals surface area contributed by atoms with Gasteiger partial charge in [0.2, 0.25) is 5.91 Å². The van der Waals surface area contributed by atoms with Gasteiger partial charge >= 0.3 is 0 Å². The molecule has 106 valence electrons. The summed E-state index contributed by atoms with van der Waals surface area (Å²) in [7, 11) is 0. The highest BCUT2D eigenvalue weighted by Crippen LogP contribution is 2.28. The van der Waals surface area contributed by atoms with Crippen molar-refractivity contribution in [2.45, 2.75) is 8.68 Å². The molecule has 1 amide bonds. The second kappa shape index (κ2) is 7.30. The number of aromatic nitrogens is 2. The monoisotopic (exact) mass is 390 g/mol. The van der Waals surface area contributed by atoms with Gasteiger partial charge in [-0.2, -0.15) is 0 Å². The Bertz CT molecular complexity index is 619. The summed E-state index contributed by atoms with van der Waals surface area (Å²) in [4.78, 5) is 11.9. The lowest BCUT2D eigenvalue weighted by molar-refractivity contribution is -0.113. The zero-order valence-electron chi connectivity index (χ0n) is 10.4. The summed E-state index contributed by atoms with van der Waals surface area (Å²) < 4.78 is 2.45. The van der Waals surface area contributed by atoms with E-state index < -0.39 is 0 Å². The van der Waals surface area contributed by atoms with Crippen LogP contribution in [0.3, 0.4) is 0 Å². The van der Waals surface area contributed by atoms with Crippen molar-refractivity contribution in [2.75, 3.05) is 23.1 Å². The number of rotatable bonds is 5. The van der Waals surface area contributed by atoms with Gasteiger partial charge in [-0.3, -0.25) is 4.79 Å². The molecule has 1 heterocycles. The van der Waals surface area contributed by atoms with E-state index in [1.54, 1.807) is 30.0 Å². The molecule has 0 aliphatic rings. The van der Waals surface area contributed by atoms with E-state index in [2.05, 4.69) is 31.4 Å². The minimum atomic E-state index is -0.0960. The molecule has 0 saturated carbocycles. The van der Waals surface area contributed by atoms with E-state index in [9.17, 15) is 4.79 Å². The molecular weight excluding hydrogens is 380 g/mol. The molecule has 2 aromatic rings. The van der Waals surface area contributed by atoms with Crippen molar-refractivity contribution in [3.05, 3.63) is 22.7 Å². The van der Waals surface area contributed by atoms with Crippen molar-refractivity contribution in [3.8, 4) is 0 Å². The maximum absolute atomic E-state index is 11.9. The fourth-order valence-electron chi connectivity index (χ4n) is 1.28. The molecule has 0 aliphatic heterocycles. The van der Waals surface area contributed by atoms with Crippen LogP contribution in [0.5, 0.6) is 0 Å². The second-order valence-electron chi connectivity index (χ2n) is 3.61. The van der Waals surface area contributed by atoms with Gasteiger partial charge in [0, 0.05) is 10.2 Å². The Morgan fingerprint density at radius 2 is 2.20 bits per heavy atom. The quantitative estimate of drug-likeness (QED) is 0.601. The average Bonchev–Trinajstić information content (AvgIpc) is 2.88. The third-order valence-corrected chi connectivity index (χ3v) is 5.84. The predicted octanol–water partition coefficient (Wildman–Crippen LogP) is 3.34.